The predicted octanol–water partition coefficient (Wildman–Crippen LogP) is 5.90. The zero-order valence-electron chi connectivity index (χ0n) is 22.3. The molecule has 5 rings (SSSR count). The van der Waals surface area contributed by atoms with Crippen molar-refractivity contribution >= 4 is 16.9 Å². The van der Waals surface area contributed by atoms with Crippen molar-refractivity contribution in [2.45, 2.75) is 20.0 Å². The Bertz CT molecular complexity index is 1580. The van der Waals surface area contributed by atoms with Crippen LogP contribution in [0.3, 0.4) is 0 Å². The summed E-state index contributed by atoms with van der Waals surface area (Å²) in [5.41, 5.74) is 5.43. The third-order valence-electron chi connectivity index (χ3n) is 6.57. The van der Waals surface area contributed by atoms with Crippen LogP contribution in [0.15, 0.2) is 91.0 Å². The summed E-state index contributed by atoms with van der Waals surface area (Å²) in [7, 11) is 3.22. The maximum Gasteiger partial charge on any atom is 0.251 e. The average Bonchev–Trinajstić information content (AvgIpc) is 3.31. The molecule has 1 amide bonds. The highest BCUT2D eigenvalue weighted by atomic mass is 16.5. The molecule has 0 radical (unpaired) electrons. The summed E-state index contributed by atoms with van der Waals surface area (Å²) in [4.78, 5) is 17.6. The highest BCUT2D eigenvalue weighted by Gasteiger charge is 2.13. The molecule has 1 heterocycles. The van der Waals surface area contributed by atoms with Crippen molar-refractivity contribution in [3.05, 3.63) is 114 Å². The molecule has 4 aromatic carbocycles. The second kappa shape index (κ2) is 11.7. The van der Waals surface area contributed by atoms with Gasteiger partial charge in [-0.25, -0.2) is 4.98 Å². The smallest absolute Gasteiger partial charge is 0.251 e. The summed E-state index contributed by atoms with van der Waals surface area (Å²) < 4.78 is 18.7. The first-order chi connectivity index (χ1) is 19.1. The SMILES string of the molecule is COc1ccc(CCNC(=O)c2ccc3c(c2)nc(C)n3-c2ccc(OCc3ccccc3)cc2)cc1OC. The van der Waals surface area contributed by atoms with Gasteiger partial charge in [-0.1, -0.05) is 36.4 Å². The van der Waals surface area contributed by atoms with E-state index in [2.05, 4.69) is 9.88 Å². The van der Waals surface area contributed by atoms with Crippen LogP contribution in [-0.4, -0.2) is 36.2 Å². The zero-order chi connectivity index (χ0) is 27.2. The number of aryl methyl sites for hydroxylation is 1. The summed E-state index contributed by atoms with van der Waals surface area (Å²) in [5, 5.41) is 3.00. The van der Waals surface area contributed by atoms with Gasteiger partial charge in [0.15, 0.2) is 11.5 Å². The Morgan fingerprint density at radius 2 is 1.62 bits per heavy atom. The van der Waals surface area contributed by atoms with E-state index in [-0.39, 0.29) is 5.91 Å². The molecule has 198 valence electrons. The highest BCUT2D eigenvalue weighted by Crippen LogP contribution is 2.28. The van der Waals surface area contributed by atoms with Crippen LogP contribution < -0.4 is 19.5 Å². The second-order valence-electron chi connectivity index (χ2n) is 9.16. The largest absolute Gasteiger partial charge is 0.493 e. The van der Waals surface area contributed by atoms with Crippen LogP contribution >= 0.6 is 0 Å². The number of carbonyl (C=O) groups excluding carboxylic acids is 1. The average molecular weight is 522 g/mol. The van der Waals surface area contributed by atoms with Crippen LogP contribution in [0.4, 0.5) is 0 Å². The normalized spacial score (nSPS) is 10.8. The minimum Gasteiger partial charge on any atom is -0.493 e. The van der Waals surface area contributed by atoms with Crippen molar-refractivity contribution < 1.29 is 19.0 Å². The number of aromatic nitrogens is 2. The first-order valence-electron chi connectivity index (χ1n) is 12.8. The number of imidazole rings is 1. The van der Waals surface area contributed by atoms with Gasteiger partial charge in [0.05, 0.1) is 25.3 Å². The molecule has 0 fully saturated rings. The lowest BCUT2D eigenvalue weighted by Gasteiger charge is -2.11. The van der Waals surface area contributed by atoms with E-state index in [1.165, 1.54) is 0 Å². The van der Waals surface area contributed by atoms with Gasteiger partial charge in [-0.3, -0.25) is 9.36 Å². The third kappa shape index (κ3) is 5.88. The molecule has 0 bridgehead atoms. The summed E-state index contributed by atoms with van der Waals surface area (Å²) in [6.45, 7) is 2.98. The molecule has 0 spiro atoms. The minimum absolute atomic E-state index is 0.135. The number of benzene rings is 4. The minimum atomic E-state index is -0.135. The van der Waals surface area contributed by atoms with Gasteiger partial charge in [0.2, 0.25) is 0 Å². The fourth-order valence-corrected chi connectivity index (χ4v) is 4.56. The van der Waals surface area contributed by atoms with Crippen LogP contribution in [-0.2, 0) is 13.0 Å². The Morgan fingerprint density at radius 1 is 0.846 bits per heavy atom. The van der Waals surface area contributed by atoms with Crippen LogP contribution in [0.1, 0.15) is 27.3 Å². The number of carbonyl (C=O) groups is 1. The van der Waals surface area contributed by atoms with Crippen LogP contribution in [0.25, 0.3) is 16.7 Å². The molecule has 0 saturated heterocycles. The number of hydrogen-bond donors (Lipinski definition) is 1. The third-order valence-corrected chi connectivity index (χ3v) is 6.57. The summed E-state index contributed by atoms with van der Waals surface area (Å²) in [6, 6.07) is 29.4. The topological polar surface area (TPSA) is 74.6 Å². The maximum absolute atomic E-state index is 12.9. The Labute approximate surface area is 228 Å². The number of rotatable bonds is 10. The van der Waals surface area contributed by atoms with E-state index in [1.54, 1.807) is 14.2 Å². The number of ether oxygens (including phenoxy) is 3. The molecule has 0 aliphatic carbocycles. The Balaban J connectivity index is 1.24. The van der Waals surface area contributed by atoms with Gasteiger partial charge < -0.3 is 19.5 Å². The van der Waals surface area contributed by atoms with E-state index in [0.717, 1.165) is 39.4 Å². The van der Waals surface area contributed by atoms with Gasteiger partial charge in [0, 0.05) is 17.8 Å². The van der Waals surface area contributed by atoms with Gasteiger partial charge in [-0.2, -0.15) is 0 Å². The lowest BCUT2D eigenvalue weighted by Crippen LogP contribution is -2.25. The Hall–Kier alpha value is -4.78. The molecule has 1 N–H and O–H groups in total. The number of amides is 1. The van der Waals surface area contributed by atoms with Gasteiger partial charge >= 0.3 is 0 Å². The molecular weight excluding hydrogens is 490 g/mol. The van der Waals surface area contributed by atoms with E-state index < -0.39 is 0 Å². The molecular formula is C32H31N3O4. The molecule has 0 aliphatic rings. The van der Waals surface area contributed by atoms with Crippen LogP contribution in [0.5, 0.6) is 17.2 Å². The van der Waals surface area contributed by atoms with Gasteiger partial charge in [-0.15, -0.1) is 0 Å². The summed E-state index contributed by atoms with van der Waals surface area (Å²) in [5.74, 6) is 2.86. The summed E-state index contributed by atoms with van der Waals surface area (Å²) >= 11 is 0. The fraction of sp³-hybridized carbons (Fsp3) is 0.188. The molecule has 0 aliphatic heterocycles. The van der Waals surface area contributed by atoms with Crippen molar-refractivity contribution in [1.29, 1.82) is 0 Å². The molecule has 7 nitrogen and oxygen atoms in total. The Morgan fingerprint density at radius 3 is 2.36 bits per heavy atom. The van der Waals surface area contributed by atoms with Crippen molar-refractivity contribution in [1.82, 2.24) is 14.9 Å². The van der Waals surface area contributed by atoms with Crippen molar-refractivity contribution in [3.8, 4) is 22.9 Å². The summed E-state index contributed by atoms with van der Waals surface area (Å²) in [6.07, 6.45) is 0.674. The number of methoxy groups -OCH3 is 2. The molecule has 39 heavy (non-hydrogen) atoms. The molecule has 7 heteroatoms. The predicted molar refractivity (Wildman–Crippen MR) is 152 cm³/mol. The van der Waals surface area contributed by atoms with E-state index >= 15 is 0 Å². The number of nitrogens with zero attached hydrogens (tertiary/aromatic N) is 2. The van der Waals surface area contributed by atoms with Gasteiger partial charge in [0.1, 0.15) is 18.2 Å². The number of nitrogens with one attached hydrogen (secondary N) is 1. The first kappa shape index (κ1) is 25.9. The molecule has 0 atom stereocenters. The standard InChI is InChI=1S/C32H31N3O4/c1-22-34-28-20-25(32(36)33-18-17-23-9-16-30(37-2)31(19-23)38-3)10-15-29(28)35(22)26-11-13-27(14-12-26)39-21-24-7-5-4-6-8-24/h4-16,19-20H,17-18,21H2,1-3H3,(H,33,36). The van der Waals surface area contributed by atoms with E-state index in [1.807, 2.05) is 97.9 Å². The number of fused-ring (bicyclic) bond motifs is 1. The van der Waals surface area contributed by atoms with Gasteiger partial charge in [0.25, 0.3) is 5.91 Å². The highest BCUT2D eigenvalue weighted by molar-refractivity contribution is 5.97. The molecule has 1 aromatic heterocycles. The number of hydrogen-bond acceptors (Lipinski definition) is 5. The van der Waals surface area contributed by atoms with Gasteiger partial charge in [-0.05, 0) is 79.1 Å². The van der Waals surface area contributed by atoms with E-state index in [4.69, 9.17) is 19.2 Å². The Kier molecular flexibility index (Phi) is 7.78. The maximum atomic E-state index is 12.9. The van der Waals surface area contributed by atoms with E-state index in [0.29, 0.717) is 36.6 Å². The molecule has 5 aromatic rings. The van der Waals surface area contributed by atoms with Crippen molar-refractivity contribution in [2.24, 2.45) is 0 Å². The molecule has 0 saturated carbocycles. The first-order valence-corrected chi connectivity index (χ1v) is 12.8. The molecule has 0 unspecified atom stereocenters. The van der Waals surface area contributed by atoms with Crippen molar-refractivity contribution in [2.75, 3.05) is 20.8 Å². The van der Waals surface area contributed by atoms with Crippen LogP contribution in [0, 0.1) is 6.92 Å². The lowest BCUT2D eigenvalue weighted by atomic mass is 10.1. The zero-order valence-corrected chi connectivity index (χ0v) is 22.3. The second-order valence-corrected chi connectivity index (χ2v) is 9.16. The van der Waals surface area contributed by atoms with Crippen molar-refractivity contribution in [3.63, 3.8) is 0 Å². The fourth-order valence-electron chi connectivity index (χ4n) is 4.56. The quantitative estimate of drug-likeness (QED) is 0.248. The lowest BCUT2D eigenvalue weighted by molar-refractivity contribution is 0.0954. The van der Waals surface area contributed by atoms with Crippen LogP contribution in [0.2, 0.25) is 0 Å². The van der Waals surface area contributed by atoms with E-state index in [9.17, 15) is 4.79 Å². The monoisotopic (exact) mass is 521 g/mol.